The normalized spacial score (nSPS) is 16.0. The molecule has 8 nitrogen and oxygen atoms in total. The number of carbonyl (C=O) groups excluding carboxylic acids is 1. The van der Waals surface area contributed by atoms with Crippen molar-refractivity contribution in [3.8, 4) is 5.75 Å². The summed E-state index contributed by atoms with van der Waals surface area (Å²) in [6, 6.07) is 8.55. The van der Waals surface area contributed by atoms with Gasteiger partial charge in [-0.2, -0.15) is 0 Å². The van der Waals surface area contributed by atoms with Crippen LogP contribution >= 0.6 is 0 Å². The molecule has 1 aromatic carbocycles. The maximum atomic E-state index is 11.7. The van der Waals surface area contributed by atoms with E-state index in [9.17, 15) is 4.79 Å². The Bertz CT molecular complexity index is 711. The second-order valence-electron chi connectivity index (χ2n) is 8.70. The number of methoxy groups -OCH3 is 1. The molecule has 0 aliphatic carbocycles. The van der Waals surface area contributed by atoms with Crippen molar-refractivity contribution in [1.29, 1.82) is 0 Å². The van der Waals surface area contributed by atoms with Gasteiger partial charge in [0.05, 0.1) is 13.2 Å². The molecule has 0 saturated carbocycles. The van der Waals surface area contributed by atoms with E-state index in [-0.39, 0.29) is 12.1 Å². The molecule has 2 rings (SSSR count). The summed E-state index contributed by atoms with van der Waals surface area (Å²) in [5, 5.41) is 9.54. The maximum absolute atomic E-state index is 11.7. The number of benzene rings is 1. The van der Waals surface area contributed by atoms with Crippen LogP contribution < -0.4 is 20.7 Å². The third-order valence-electron chi connectivity index (χ3n) is 5.06. The van der Waals surface area contributed by atoms with Crippen molar-refractivity contribution in [1.82, 2.24) is 20.9 Å². The van der Waals surface area contributed by atoms with Crippen LogP contribution in [0.1, 0.15) is 51.6 Å². The van der Waals surface area contributed by atoms with Gasteiger partial charge in [-0.25, -0.2) is 4.79 Å². The number of aliphatic imine (C=N–C) groups is 1. The fraction of sp³-hybridized carbons (Fsp3) is 0.652. The average molecular weight is 434 g/mol. The number of guanidine groups is 1. The van der Waals surface area contributed by atoms with Crippen molar-refractivity contribution in [2.45, 2.75) is 51.7 Å². The fourth-order valence-electron chi connectivity index (χ4n) is 3.57. The van der Waals surface area contributed by atoms with Crippen molar-refractivity contribution in [2.24, 2.45) is 4.99 Å². The molecular formula is C23H39N5O3. The molecule has 1 heterocycles. The van der Waals surface area contributed by atoms with Gasteiger partial charge < -0.3 is 25.4 Å². The molecule has 174 valence electrons. The molecule has 1 aromatic rings. The molecule has 1 atom stereocenters. The number of hydrogen-bond donors (Lipinski definition) is 3. The minimum Gasteiger partial charge on any atom is -0.497 e. The number of rotatable bonds is 9. The van der Waals surface area contributed by atoms with Gasteiger partial charge in [0.15, 0.2) is 5.96 Å². The molecule has 8 heteroatoms. The minimum absolute atomic E-state index is 0.255. The monoisotopic (exact) mass is 433 g/mol. The SMILES string of the molecule is CN=C(NCCCNC(=O)OC(C)(C)C)NCC(c1cccc(OC)c1)N1CCCC1. The predicted octanol–water partition coefficient (Wildman–Crippen LogP) is 2.91. The number of nitrogens with one attached hydrogen (secondary N) is 3. The van der Waals surface area contributed by atoms with E-state index in [0.717, 1.165) is 37.8 Å². The molecule has 0 bridgehead atoms. The van der Waals surface area contributed by atoms with E-state index in [4.69, 9.17) is 9.47 Å². The standard InChI is InChI=1S/C23H39N5O3/c1-23(2,3)31-22(29)26-13-9-12-25-21(24-4)27-17-20(28-14-6-7-15-28)18-10-8-11-19(16-18)30-5/h8,10-11,16,20H,6-7,9,12-15,17H2,1-5H3,(H,26,29)(H2,24,25,27). The summed E-state index contributed by atoms with van der Waals surface area (Å²) >= 11 is 0. The van der Waals surface area contributed by atoms with Crippen molar-refractivity contribution in [3.05, 3.63) is 29.8 Å². The lowest BCUT2D eigenvalue weighted by atomic mass is 10.1. The number of alkyl carbamates (subject to hydrolysis) is 1. The summed E-state index contributed by atoms with van der Waals surface area (Å²) in [4.78, 5) is 18.5. The highest BCUT2D eigenvalue weighted by molar-refractivity contribution is 5.79. The van der Waals surface area contributed by atoms with E-state index in [2.05, 4.69) is 38.0 Å². The Labute approximate surface area is 186 Å². The van der Waals surface area contributed by atoms with Gasteiger partial charge in [-0.05, 0) is 70.8 Å². The number of amides is 1. The summed E-state index contributed by atoms with van der Waals surface area (Å²) in [5.41, 5.74) is 0.758. The van der Waals surface area contributed by atoms with Crippen LogP contribution in [0.2, 0.25) is 0 Å². The van der Waals surface area contributed by atoms with Gasteiger partial charge in [-0.1, -0.05) is 12.1 Å². The van der Waals surface area contributed by atoms with E-state index in [1.165, 1.54) is 18.4 Å². The van der Waals surface area contributed by atoms with E-state index in [1.54, 1.807) is 14.2 Å². The largest absolute Gasteiger partial charge is 0.497 e. The topological polar surface area (TPSA) is 87.2 Å². The summed E-state index contributed by atoms with van der Waals surface area (Å²) in [6.45, 7) is 9.75. The first-order valence-electron chi connectivity index (χ1n) is 11.1. The molecule has 0 radical (unpaired) electrons. The second-order valence-corrected chi connectivity index (χ2v) is 8.70. The summed E-state index contributed by atoms with van der Waals surface area (Å²) < 4.78 is 10.7. The minimum atomic E-state index is -0.483. The van der Waals surface area contributed by atoms with Crippen molar-refractivity contribution in [3.63, 3.8) is 0 Å². The Morgan fingerprint density at radius 1 is 1.16 bits per heavy atom. The van der Waals surface area contributed by atoms with Crippen LogP contribution in [-0.4, -0.2) is 69.4 Å². The summed E-state index contributed by atoms with van der Waals surface area (Å²) in [6.07, 6.45) is 2.85. The van der Waals surface area contributed by atoms with Gasteiger partial charge in [0.1, 0.15) is 11.4 Å². The molecule has 3 N–H and O–H groups in total. The smallest absolute Gasteiger partial charge is 0.407 e. The first-order chi connectivity index (χ1) is 14.8. The number of hydrogen-bond acceptors (Lipinski definition) is 5. The quantitative estimate of drug-likeness (QED) is 0.315. The zero-order valence-electron chi connectivity index (χ0n) is 19.7. The average Bonchev–Trinajstić information content (AvgIpc) is 3.25. The molecular weight excluding hydrogens is 394 g/mol. The third kappa shape index (κ3) is 9.04. The molecule has 1 aliphatic rings. The van der Waals surface area contributed by atoms with Crippen LogP contribution in [0, 0.1) is 0 Å². The lowest BCUT2D eigenvalue weighted by Gasteiger charge is -2.29. The molecule has 1 fully saturated rings. The lowest BCUT2D eigenvalue weighted by Crippen LogP contribution is -2.43. The van der Waals surface area contributed by atoms with Gasteiger partial charge >= 0.3 is 6.09 Å². The highest BCUT2D eigenvalue weighted by atomic mass is 16.6. The predicted molar refractivity (Wildman–Crippen MR) is 125 cm³/mol. The molecule has 1 aliphatic heterocycles. The highest BCUT2D eigenvalue weighted by Crippen LogP contribution is 2.27. The number of carbonyl (C=O) groups is 1. The first kappa shape index (κ1) is 24.8. The van der Waals surface area contributed by atoms with Crippen LogP contribution in [0.5, 0.6) is 5.75 Å². The van der Waals surface area contributed by atoms with Crippen LogP contribution in [-0.2, 0) is 4.74 Å². The Balaban J connectivity index is 1.81. The molecule has 31 heavy (non-hydrogen) atoms. The Kier molecular flexibility index (Phi) is 9.91. The lowest BCUT2D eigenvalue weighted by molar-refractivity contribution is 0.0527. The number of ether oxygens (including phenoxy) is 2. The summed E-state index contributed by atoms with van der Waals surface area (Å²) in [7, 11) is 3.47. The van der Waals surface area contributed by atoms with Crippen LogP contribution in [0.4, 0.5) is 4.79 Å². The van der Waals surface area contributed by atoms with Gasteiger partial charge in [-0.3, -0.25) is 9.89 Å². The van der Waals surface area contributed by atoms with Crippen LogP contribution in [0.3, 0.4) is 0 Å². The Morgan fingerprint density at radius 3 is 2.52 bits per heavy atom. The number of nitrogens with zero attached hydrogens (tertiary/aromatic N) is 2. The molecule has 0 aromatic heterocycles. The molecule has 0 spiro atoms. The van der Waals surface area contributed by atoms with Crippen LogP contribution in [0.15, 0.2) is 29.3 Å². The van der Waals surface area contributed by atoms with E-state index in [0.29, 0.717) is 13.1 Å². The first-order valence-corrected chi connectivity index (χ1v) is 11.1. The van der Waals surface area contributed by atoms with Crippen molar-refractivity contribution >= 4 is 12.1 Å². The second kappa shape index (κ2) is 12.4. The third-order valence-corrected chi connectivity index (χ3v) is 5.06. The van der Waals surface area contributed by atoms with Gasteiger partial charge in [0, 0.05) is 26.7 Å². The van der Waals surface area contributed by atoms with E-state index in [1.807, 2.05) is 32.9 Å². The maximum Gasteiger partial charge on any atom is 0.407 e. The van der Waals surface area contributed by atoms with Crippen molar-refractivity contribution in [2.75, 3.05) is 46.9 Å². The van der Waals surface area contributed by atoms with E-state index >= 15 is 0 Å². The molecule has 1 unspecified atom stereocenters. The van der Waals surface area contributed by atoms with Crippen LogP contribution in [0.25, 0.3) is 0 Å². The zero-order valence-corrected chi connectivity index (χ0v) is 19.7. The van der Waals surface area contributed by atoms with Gasteiger partial charge in [0.25, 0.3) is 0 Å². The van der Waals surface area contributed by atoms with Gasteiger partial charge in [-0.15, -0.1) is 0 Å². The zero-order chi connectivity index (χ0) is 22.7. The van der Waals surface area contributed by atoms with Crippen molar-refractivity contribution < 1.29 is 14.3 Å². The van der Waals surface area contributed by atoms with Gasteiger partial charge in [0.2, 0.25) is 0 Å². The number of likely N-dealkylation sites (tertiary alicyclic amines) is 1. The molecule has 1 amide bonds. The summed E-state index contributed by atoms with van der Waals surface area (Å²) in [5.74, 6) is 1.63. The van der Waals surface area contributed by atoms with E-state index < -0.39 is 5.60 Å². The molecule has 1 saturated heterocycles. The Morgan fingerprint density at radius 2 is 1.87 bits per heavy atom. The highest BCUT2D eigenvalue weighted by Gasteiger charge is 2.24. The Hall–Kier alpha value is -2.48. The fourth-order valence-corrected chi connectivity index (χ4v) is 3.57.